The van der Waals surface area contributed by atoms with Crippen molar-refractivity contribution in [3.8, 4) is 0 Å². The fourth-order valence-corrected chi connectivity index (χ4v) is 4.04. The van der Waals surface area contributed by atoms with Crippen molar-refractivity contribution in [2.75, 3.05) is 13.1 Å². The predicted octanol–water partition coefficient (Wildman–Crippen LogP) is 3.56. The third-order valence-electron chi connectivity index (χ3n) is 6.17. The Bertz CT molecular complexity index is 936. The molecule has 0 saturated carbocycles. The van der Waals surface area contributed by atoms with Crippen LogP contribution < -0.4 is 10.6 Å². The van der Waals surface area contributed by atoms with Crippen LogP contribution in [0, 0.1) is 12.8 Å². The number of amides is 3. The van der Waals surface area contributed by atoms with Gasteiger partial charge in [0.2, 0.25) is 5.91 Å². The maximum atomic E-state index is 13.1. The molecule has 1 aliphatic heterocycles. The van der Waals surface area contributed by atoms with Gasteiger partial charge in [-0.25, -0.2) is 0 Å². The molecule has 0 radical (unpaired) electrons. The normalized spacial score (nSPS) is 16.2. The van der Waals surface area contributed by atoms with Crippen LogP contribution in [0.4, 0.5) is 0 Å². The van der Waals surface area contributed by atoms with E-state index in [1.807, 2.05) is 74.2 Å². The van der Waals surface area contributed by atoms with Gasteiger partial charge in [-0.3, -0.25) is 14.4 Å². The molecule has 0 unspecified atom stereocenters. The zero-order chi connectivity index (χ0) is 23.1. The molecule has 2 N–H and O–H groups in total. The van der Waals surface area contributed by atoms with Crippen molar-refractivity contribution in [1.29, 1.82) is 0 Å². The first kappa shape index (κ1) is 23.5. The van der Waals surface area contributed by atoms with E-state index < -0.39 is 6.04 Å². The number of hydrogen-bond donors (Lipinski definition) is 2. The molecule has 0 aliphatic carbocycles. The first-order chi connectivity index (χ1) is 15.4. The number of likely N-dealkylation sites (tertiary alicyclic amines) is 1. The molecule has 6 nitrogen and oxygen atoms in total. The van der Waals surface area contributed by atoms with Crippen LogP contribution in [0.1, 0.15) is 59.4 Å². The fourth-order valence-electron chi connectivity index (χ4n) is 4.04. The van der Waals surface area contributed by atoms with Crippen molar-refractivity contribution in [1.82, 2.24) is 15.5 Å². The molecule has 1 fully saturated rings. The predicted molar refractivity (Wildman–Crippen MR) is 125 cm³/mol. The first-order valence-corrected chi connectivity index (χ1v) is 11.4. The summed E-state index contributed by atoms with van der Waals surface area (Å²) in [6, 6.07) is 16.0. The van der Waals surface area contributed by atoms with E-state index in [4.69, 9.17) is 0 Å². The zero-order valence-corrected chi connectivity index (χ0v) is 19.1. The average Bonchev–Trinajstić information content (AvgIpc) is 2.82. The standard InChI is InChI=1S/C26H33N3O3/c1-4-19(3)27-25(31)23(28-24(30)22-12-8-9-18(2)17-22)20-13-15-29(16-14-20)26(32)21-10-6-5-7-11-21/h5-12,17,19-20,23H,4,13-16H2,1-3H3,(H,27,31)(H,28,30)/t19-,23-/m0/s1. The lowest BCUT2D eigenvalue weighted by atomic mass is 9.88. The Morgan fingerprint density at radius 1 is 0.969 bits per heavy atom. The minimum absolute atomic E-state index is 0.00783. The van der Waals surface area contributed by atoms with Crippen molar-refractivity contribution in [2.45, 2.75) is 52.1 Å². The lowest BCUT2D eigenvalue weighted by Crippen LogP contribution is -2.55. The SMILES string of the molecule is CC[C@H](C)NC(=O)[C@@H](NC(=O)c1cccc(C)c1)C1CCN(C(=O)c2ccccc2)CC1. The topological polar surface area (TPSA) is 78.5 Å². The summed E-state index contributed by atoms with van der Waals surface area (Å²) in [5.41, 5.74) is 2.21. The molecule has 1 saturated heterocycles. The van der Waals surface area contributed by atoms with E-state index in [1.165, 1.54) is 0 Å². The van der Waals surface area contributed by atoms with E-state index in [9.17, 15) is 14.4 Å². The Balaban J connectivity index is 1.70. The Morgan fingerprint density at radius 2 is 1.62 bits per heavy atom. The second-order valence-corrected chi connectivity index (χ2v) is 8.63. The van der Waals surface area contributed by atoms with Gasteiger partial charge < -0.3 is 15.5 Å². The number of piperidine rings is 1. The van der Waals surface area contributed by atoms with E-state index >= 15 is 0 Å². The van der Waals surface area contributed by atoms with Crippen LogP contribution in [0.5, 0.6) is 0 Å². The number of nitrogens with one attached hydrogen (secondary N) is 2. The van der Waals surface area contributed by atoms with Gasteiger partial charge >= 0.3 is 0 Å². The number of aryl methyl sites for hydroxylation is 1. The quantitative estimate of drug-likeness (QED) is 0.698. The lowest BCUT2D eigenvalue weighted by Gasteiger charge is -2.36. The molecular formula is C26H33N3O3. The van der Waals surface area contributed by atoms with Crippen LogP contribution in [0.3, 0.4) is 0 Å². The molecule has 6 heteroatoms. The highest BCUT2D eigenvalue weighted by atomic mass is 16.2. The number of rotatable bonds is 7. The third-order valence-corrected chi connectivity index (χ3v) is 6.17. The molecule has 1 aliphatic rings. The zero-order valence-electron chi connectivity index (χ0n) is 19.1. The summed E-state index contributed by atoms with van der Waals surface area (Å²) in [6.45, 7) is 7.03. The van der Waals surface area contributed by atoms with Gasteiger partial charge in [0.15, 0.2) is 0 Å². The van der Waals surface area contributed by atoms with Crippen molar-refractivity contribution >= 4 is 17.7 Å². The Hall–Kier alpha value is -3.15. The highest BCUT2D eigenvalue weighted by molar-refractivity contribution is 5.98. The van der Waals surface area contributed by atoms with Crippen LogP contribution in [0.2, 0.25) is 0 Å². The largest absolute Gasteiger partial charge is 0.352 e. The second-order valence-electron chi connectivity index (χ2n) is 8.63. The van der Waals surface area contributed by atoms with E-state index in [2.05, 4.69) is 10.6 Å². The summed E-state index contributed by atoms with van der Waals surface area (Å²) in [4.78, 5) is 40.6. The summed E-state index contributed by atoms with van der Waals surface area (Å²) in [6.07, 6.45) is 2.13. The van der Waals surface area contributed by atoms with Crippen LogP contribution in [0.25, 0.3) is 0 Å². The van der Waals surface area contributed by atoms with Crippen LogP contribution >= 0.6 is 0 Å². The molecule has 2 atom stereocenters. The molecule has 0 bridgehead atoms. The highest BCUT2D eigenvalue weighted by Crippen LogP contribution is 2.23. The lowest BCUT2D eigenvalue weighted by molar-refractivity contribution is -0.125. The summed E-state index contributed by atoms with van der Waals surface area (Å²) in [5, 5.41) is 6.00. The van der Waals surface area contributed by atoms with Crippen molar-refractivity contribution < 1.29 is 14.4 Å². The number of carbonyl (C=O) groups excluding carboxylic acids is 3. The molecule has 0 spiro atoms. The Labute approximate surface area is 190 Å². The van der Waals surface area contributed by atoms with Gasteiger partial charge in [-0.05, 0) is 63.3 Å². The van der Waals surface area contributed by atoms with E-state index in [-0.39, 0.29) is 29.7 Å². The molecule has 2 aromatic rings. The summed E-state index contributed by atoms with van der Waals surface area (Å²) in [7, 11) is 0. The van der Waals surface area contributed by atoms with Crippen molar-refractivity contribution in [3.05, 3.63) is 71.3 Å². The number of nitrogens with zero attached hydrogens (tertiary/aromatic N) is 1. The first-order valence-electron chi connectivity index (χ1n) is 11.4. The molecule has 1 heterocycles. The van der Waals surface area contributed by atoms with Gasteiger partial charge in [0, 0.05) is 30.3 Å². The molecule has 3 rings (SSSR count). The molecule has 2 aromatic carbocycles. The van der Waals surface area contributed by atoms with Gasteiger partial charge in [-0.2, -0.15) is 0 Å². The van der Waals surface area contributed by atoms with E-state index in [1.54, 1.807) is 6.07 Å². The van der Waals surface area contributed by atoms with Gasteiger partial charge in [0.1, 0.15) is 6.04 Å². The maximum absolute atomic E-state index is 13.1. The Kier molecular flexibility index (Phi) is 8.03. The molecule has 0 aromatic heterocycles. The van der Waals surface area contributed by atoms with E-state index in [0.29, 0.717) is 37.1 Å². The average molecular weight is 436 g/mol. The summed E-state index contributed by atoms with van der Waals surface area (Å²) >= 11 is 0. The van der Waals surface area contributed by atoms with Gasteiger partial charge in [0.25, 0.3) is 11.8 Å². The third kappa shape index (κ3) is 5.96. The smallest absolute Gasteiger partial charge is 0.253 e. The van der Waals surface area contributed by atoms with Crippen molar-refractivity contribution in [3.63, 3.8) is 0 Å². The van der Waals surface area contributed by atoms with E-state index in [0.717, 1.165) is 12.0 Å². The van der Waals surface area contributed by atoms with Gasteiger partial charge in [-0.1, -0.05) is 42.8 Å². The Morgan fingerprint density at radius 3 is 2.25 bits per heavy atom. The fraction of sp³-hybridized carbons (Fsp3) is 0.423. The number of hydrogen-bond acceptors (Lipinski definition) is 3. The monoisotopic (exact) mass is 435 g/mol. The minimum atomic E-state index is -0.633. The minimum Gasteiger partial charge on any atom is -0.352 e. The molecule has 3 amide bonds. The molecular weight excluding hydrogens is 402 g/mol. The summed E-state index contributed by atoms with van der Waals surface area (Å²) < 4.78 is 0. The second kappa shape index (κ2) is 10.9. The number of carbonyl (C=O) groups is 3. The maximum Gasteiger partial charge on any atom is 0.253 e. The highest BCUT2D eigenvalue weighted by Gasteiger charge is 2.34. The molecule has 32 heavy (non-hydrogen) atoms. The van der Waals surface area contributed by atoms with Crippen LogP contribution in [0.15, 0.2) is 54.6 Å². The van der Waals surface area contributed by atoms with Gasteiger partial charge in [-0.15, -0.1) is 0 Å². The number of benzene rings is 2. The van der Waals surface area contributed by atoms with Crippen LogP contribution in [-0.4, -0.2) is 47.8 Å². The van der Waals surface area contributed by atoms with Crippen molar-refractivity contribution in [2.24, 2.45) is 5.92 Å². The van der Waals surface area contributed by atoms with Crippen LogP contribution in [-0.2, 0) is 4.79 Å². The van der Waals surface area contributed by atoms with Gasteiger partial charge in [0.05, 0.1) is 0 Å². The molecule has 170 valence electrons. The summed E-state index contributed by atoms with van der Waals surface area (Å²) in [5.74, 6) is -0.435.